The van der Waals surface area contributed by atoms with Crippen molar-refractivity contribution >= 4 is 0 Å². The van der Waals surface area contributed by atoms with Crippen LogP contribution in [0.3, 0.4) is 0 Å². The van der Waals surface area contributed by atoms with Gasteiger partial charge in [0.05, 0.1) is 11.7 Å². The number of halogens is 1. The van der Waals surface area contributed by atoms with Gasteiger partial charge in [-0.15, -0.1) is 0 Å². The lowest BCUT2D eigenvalue weighted by Crippen LogP contribution is -2.12. The maximum Gasteiger partial charge on any atom is 0.137 e. The third kappa shape index (κ3) is 4.75. The number of hydrogen-bond donors (Lipinski definition) is 0. The van der Waals surface area contributed by atoms with Crippen LogP contribution in [0.1, 0.15) is 51.5 Å². The molecule has 0 bridgehead atoms. The molecule has 0 fully saturated rings. The first-order valence-corrected chi connectivity index (χ1v) is 6.53. The predicted molar refractivity (Wildman–Crippen MR) is 70.0 cm³/mol. The second-order valence-electron chi connectivity index (χ2n) is 4.53. The van der Waals surface area contributed by atoms with Crippen molar-refractivity contribution in [2.24, 2.45) is 0 Å². The Kier molecular flexibility index (Phi) is 6.21. The van der Waals surface area contributed by atoms with E-state index in [9.17, 15) is 4.39 Å². The molecule has 98 valence electrons. The molecule has 2 nitrogen and oxygen atoms in total. The molecule has 0 radical (unpaired) electrons. The van der Waals surface area contributed by atoms with Gasteiger partial charge in [-0.3, -0.25) is 0 Å². The Hall–Kier alpha value is -1.56. The smallest absolute Gasteiger partial charge is 0.137 e. The maximum absolute atomic E-state index is 13.0. The second-order valence-corrected chi connectivity index (χ2v) is 4.53. The Bertz CT molecular complexity index is 411. The van der Waals surface area contributed by atoms with Crippen LogP contribution in [0.4, 0.5) is 4.39 Å². The summed E-state index contributed by atoms with van der Waals surface area (Å²) < 4.78 is 18.6. The average molecular weight is 249 g/mol. The van der Waals surface area contributed by atoms with Gasteiger partial charge in [0.15, 0.2) is 0 Å². The van der Waals surface area contributed by atoms with Gasteiger partial charge in [-0.1, -0.05) is 26.2 Å². The molecule has 1 aromatic rings. The zero-order valence-corrected chi connectivity index (χ0v) is 11.1. The van der Waals surface area contributed by atoms with E-state index in [4.69, 9.17) is 10.00 Å². The van der Waals surface area contributed by atoms with E-state index in [0.717, 1.165) is 12.8 Å². The van der Waals surface area contributed by atoms with Crippen LogP contribution in [0, 0.1) is 17.1 Å². The Morgan fingerprint density at radius 3 is 2.78 bits per heavy atom. The summed E-state index contributed by atoms with van der Waals surface area (Å²) in [5.74, 6) is 0.0661. The third-order valence-corrected chi connectivity index (χ3v) is 2.85. The van der Waals surface area contributed by atoms with Crippen molar-refractivity contribution in [3.05, 3.63) is 29.6 Å². The van der Waals surface area contributed by atoms with Crippen LogP contribution in [-0.2, 0) is 0 Å². The Morgan fingerprint density at radius 2 is 2.11 bits per heavy atom. The fraction of sp³-hybridized carbons (Fsp3) is 0.533. The minimum absolute atomic E-state index is 0.0550. The van der Waals surface area contributed by atoms with Gasteiger partial charge in [-0.2, -0.15) is 5.26 Å². The van der Waals surface area contributed by atoms with Crippen molar-refractivity contribution in [3.63, 3.8) is 0 Å². The number of nitriles is 1. The quantitative estimate of drug-likeness (QED) is 0.669. The van der Waals surface area contributed by atoms with E-state index in [1.54, 1.807) is 0 Å². The van der Waals surface area contributed by atoms with Crippen LogP contribution in [0.2, 0.25) is 0 Å². The molecule has 1 rings (SSSR count). The summed E-state index contributed by atoms with van der Waals surface area (Å²) in [5.41, 5.74) is 0.260. The molecule has 0 aromatic heterocycles. The summed E-state index contributed by atoms with van der Waals surface area (Å²) in [6.07, 6.45) is 5.80. The van der Waals surface area contributed by atoms with Crippen LogP contribution in [0.25, 0.3) is 0 Å². The fourth-order valence-corrected chi connectivity index (χ4v) is 1.83. The molecule has 0 aliphatic carbocycles. The largest absolute Gasteiger partial charge is 0.489 e. The molecule has 1 atom stereocenters. The molecule has 0 aliphatic rings. The summed E-state index contributed by atoms with van der Waals surface area (Å²) in [7, 11) is 0. The van der Waals surface area contributed by atoms with Crippen LogP contribution >= 0.6 is 0 Å². The average Bonchev–Trinajstić information content (AvgIpc) is 2.37. The van der Waals surface area contributed by atoms with Gasteiger partial charge in [-0.25, -0.2) is 4.39 Å². The van der Waals surface area contributed by atoms with Crippen LogP contribution in [-0.4, -0.2) is 6.10 Å². The van der Waals surface area contributed by atoms with Gasteiger partial charge in [0, 0.05) is 0 Å². The van der Waals surface area contributed by atoms with Gasteiger partial charge in [0.2, 0.25) is 0 Å². The molecule has 3 heteroatoms. The normalized spacial score (nSPS) is 11.9. The zero-order valence-electron chi connectivity index (χ0n) is 11.1. The highest BCUT2D eigenvalue weighted by Gasteiger charge is 2.09. The lowest BCUT2D eigenvalue weighted by molar-refractivity contribution is 0.205. The number of rotatable bonds is 7. The van der Waals surface area contributed by atoms with Gasteiger partial charge in [0.1, 0.15) is 17.6 Å². The maximum atomic E-state index is 13.0. The molecule has 0 amide bonds. The molecule has 0 N–H and O–H groups in total. The van der Waals surface area contributed by atoms with Crippen molar-refractivity contribution in [1.29, 1.82) is 5.26 Å². The number of nitrogens with zero attached hydrogens (tertiary/aromatic N) is 1. The Morgan fingerprint density at radius 1 is 1.33 bits per heavy atom. The lowest BCUT2D eigenvalue weighted by Gasteiger charge is -2.15. The van der Waals surface area contributed by atoms with Crippen molar-refractivity contribution in [1.82, 2.24) is 0 Å². The molecule has 0 saturated heterocycles. The number of ether oxygens (including phenoxy) is 1. The number of hydrogen-bond acceptors (Lipinski definition) is 2. The highest BCUT2D eigenvalue weighted by Crippen LogP contribution is 2.21. The first-order chi connectivity index (χ1) is 8.67. The Labute approximate surface area is 108 Å². The van der Waals surface area contributed by atoms with Crippen LogP contribution < -0.4 is 4.74 Å². The summed E-state index contributed by atoms with van der Waals surface area (Å²) in [4.78, 5) is 0. The topological polar surface area (TPSA) is 33.0 Å². The second kappa shape index (κ2) is 7.71. The van der Waals surface area contributed by atoms with Gasteiger partial charge in [-0.05, 0) is 38.0 Å². The first-order valence-electron chi connectivity index (χ1n) is 6.53. The number of unbranched alkanes of at least 4 members (excludes halogenated alkanes) is 3. The molecule has 18 heavy (non-hydrogen) atoms. The fourth-order valence-electron chi connectivity index (χ4n) is 1.83. The third-order valence-electron chi connectivity index (χ3n) is 2.85. The SMILES string of the molecule is CCCCCCC(C)Oc1ccc(F)cc1C#N. The molecule has 0 saturated carbocycles. The van der Waals surface area contributed by atoms with E-state index in [-0.39, 0.29) is 11.7 Å². The van der Waals surface area contributed by atoms with Gasteiger partial charge >= 0.3 is 0 Å². The minimum Gasteiger partial charge on any atom is -0.489 e. The molecule has 0 spiro atoms. The van der Waals surface area contributed by atoms with E-state index < -0.39 is 5.82 Å². The van der Waals surface area contributed by atoms with Crippen molar-refractivity contribution in [3.8, 4) is 11.8 Å². The van der Waals surface area contributed by atoms with E-state index in [1.165, 1.54) is 37.5 Å². The van der Waals surface area contributed by atoms with E-state index in [1.807, 2.05) is 13.0 Å². The highest BCUT2D eigenvalue weighted by molar-refractivity contribution is 5.43. The van der Waals surface area contributed by atoms with Crippen molar-refractivity contribution in [2.45, 2.75) is 52.1 Å². The molecule has 0 aliphatic heterocycles. The van der Waals surface area contributed by atoms with Crippen LogP contribution in [0.5, 0.6) is 5.75 Å². The van der Waals surface area contributed by atoms with Crippen molar-refractivity contribution < 1.29 is 9.13 Å². The summed E-state index contributed by atoms with van der Waals surface area (Å²) >= 11 is 0. The van der Waals surface area contributed by atoms with Gasteiger partial charge < -0.3 is 4.74 Å². The van der Waals surface area contributed by atoms with Gasteiger partial charge in [0.25, 0.3) is 0 Å². The molecular formula is C15H20FNO. The summed E-state index contributed by atoms with van der Waals surface area (Å²) in [6.45, 7) is 4.16. The zero-order chi connectivity index (χ0) is 13.4. The highest BCUT2D eigenvalue weighted by atomic mass is 19.1. The standard InChI is InChI=1S/C15H20FNO/c1-3-4-5-6-7-12(2)18-15-9-8-14(16)10-13(15)11-17/h8-10,12H,3-7H2,1-2H3. The summed E-state index contributed by atoms with van der Waals surface area (Å²) in [6, 6.07) is 6.00. The number of benzene rings is 1. The van der Waals surface area contributed by atoms with E-state index in [2.05, 4.69) is 6.92 Å². The molecule has 1 aromatic carbocycles. The van der Waals surface area contributed by atoms with E-state index in [0.29, 0.717) is 5.75 Å². The van der Waals surface area contributed by atoms with Crippen LogP contribution in [0.15, 0.2) is 18.2 Å². The predicted octanol–water partition coefficient (Wildman–Crippen LogP) is 4.44. The summed E-state index contributed by atoms with van der Waals surface area (Å²) in [5, 5.41) is 8.91. The van der Waals surface area contributed by atoms with E-state index >= 15 is 0 Å². The first kappa shape index (κ1) is 14.5. The molecule has 1 unspecified atom stereocenters. The monoisotopic (exact) mass is 249 g/mol. The van der Waals surface area contributed by atoms with Crippen molar-refractivity contribution in [2.75, 3.05) is 0 Å². The Balaban J connectivity index is 2.49. The molecular weight excluding hydrogens is 229 g/mol. The minimum atomic E-state index is -0.408. The lowest BCUT2D eigenvalue weighted by atomic mass is 10.1. The molecule has 0 heterocycles.